The molecule has 0 radical (unpaired) electrons. The van der Waals surface area contributed by atoms with Gasteiger partial charge in [-0.25, -0.2) is 0 Å². The molecule has 1 heterocycles. The van der Waals surface area contributed by atoms with Crippen LogP contribution in [0.5, 0.6) is 0 Å². The van der Waals surface area contributed by atoms with Crippen molar-refractivity contribution in [1.29, 1.82) is 0 Å². The van der Waals surface area contributed by atoms with Crippen LogP contribution >= 0.6 is 0 Å². The predicted octanol–water partition coefficient (Wildman–Crippen LogP) is 4.12. The Balaban J connectivity index is 1.52. The molecule has 148 valence electrons. The highest BCUT2D eigenvalue weighted by molar-refractivity contribution is 5.93. The lowest BCUT2D eigenvalue weighted by Gasteiger charge is -2.32. The fraction of sp³-hybridized carbons (Fsp3) is 0.636. The van der Waals surface area contributed by atoms with E-state index in [0.29, 0.717) is 25.7 Å². The number of piperidine rings is 1. The Morgan fingerprint density at radius 1 is 1.15 bits per heavy atom. The maximum atomic E-state index is 12.7. The molecule has 2 aliphatic rings. The van der Waals surface area contributed by atoms with Gasteiger partial charge >= 0.3 is 0 Å². The van der Waals surface area contributed by atoms with E-state index in [2.05, 4.69) is 5.32 Å². The summed E-state index contributed by atoms with van der Waals surface area (Å²) in [4.78, 5) is 26.4. The Kier molecular flexibility index (Phi) is 7.27. The molecule has 1 aliphatic carbocycles. The van der Waals surface area contributed by atoms with Crippen molar-refractivity contribution in [2.24, 2.45) is 5.92 Å². The average Bonchev–Trinajstić information content (AvgIpc) is 2.73. The Bertz CT molecular complexity index is 640. The van der Waals surface area contributed by atoms with Gasteiger partial charge in [-0.1, -0.05) is 38.3 Å². The molecule has 0 aromatic heterocycles. The van der Waals surface area contributed by atoms with Gasteiger partial charge in [0.15, 0.2) is 0 Å². The molecule has 1 saturated carbocycles. The molecule has 1 aromatic carbocycles. The zero-order valence-electron chi connectivity index (χ0n) is 16.4. The zero-order valence-corrected chi connectivity index (χ0v) is 16.4. The van der Waals surface area contributed by atoms with Crippen molar-refractivity contribution in [2.75, 3.05) is 18.4 Å². The van der Waals surface area contributed by atoms with Gasteiger partial charge in [0, 0.05) is 25.2 Å². The lowest BCUT2D eigenvalue weighted by molar-refractivity contribution is -0.134. The summed E-state index contributed by atoms with van der Waals surface area (Å²) in [5.74, 6) is 0.0136. The van der Waals surface area contributed by atoms with Crippen molar-refractivity contribution >= 4 is 17.5 Å². The van der Waals surface area contributed by atoms with Crippen molar-refractivity contribution in [3.8, 4) is 0 Å². The number of ether oxygens (including phenoxy) is 1. The number of hydrogen-bond acceptors (Lipinski definition) is 3. The van der Waals surface area contributed by atoms with E-state index in [1.165, 1.54) is 19.3 Å². The summed E-state index contributed by atoms with van der Waals surface area (Å²) in [6.07, 6.45) is 8.76. The Labute approximate surface area is 162 Å². The summed E-state index contributed by atoms with van der Waals surface area (Å²) in [5, 5.41) is 3.04. The second-order valence-electron chi connectivity index (χ2n) is 7.79. The normalized spacial score (nSPS) is 21.1. The second-order valence-corrected chi connectivity index (χ2v) is 7.79. The van der Waals surface area contributed by atoms with Crippen LogP contribution in [0.2, 0.25) is 0 Å². The highest BCUT2D eigenvalue weighted by Gasteiger charge is 2.27. The van der Waals surface area contributed by atoms with Gasteiger partial charge in [0.25, 0.3) is 0 Å². The Morgan fingerprint density at radius 2 is 1.96 bits per heavy atom. The molecule has 0 bridgehead atoms. The first-order valence-electron chi connectivity index (χ1n) is 10.4. The van der Waals surface area contributed by atoms with E-state index >= 15 is 0 Å². The molecule has 5 nitrogen and oxygen atoms in total. The van der Waals surface area contributed by atoms with E-state index in [-0.39, 0.29) is 17.7 Å². The zero-order chi connectivity index (χ0) is 19.1. The SMILES string of the molecule is CCC(=O)N1CCCC(C(=O)Nc2cccc(COC3CCCCC3)c2)C1. The van der Waals surface area contributed by atoms with Crippen LogP contribution in [0.3, 0.4) is 0 Å². The number of anilines is 1. The van der Waals surface area contributed by atoms with Crippen molar-refractivity contribution in [3.05, 3.63) is 29.8 Å². The van der Waals surface area contributed by atoms with E-state index in [0.717, 1.165) is 43.5 Å². The van der Waals surface area contributed by atoms with Crippen LogP contribution in [0.4, 0.5) is 5.69 Å². The smallest absolute Gasteiger partial charge is 0.229 e. The van der Waals surface area contributed by atoms with E-state index in [1.54, 1.807) is 0 Å². The third-order valence-electron chi connectivity index (χ3n) is 5.68. The van der Waals surface area contributed by atoms with Crippen molar-refractivity contribution in [2.45, 2.75) is 71.0 Å². The number of benzene rings is 1. The first-order chi connectivity index (χ1) is 13.2. The summed E-state index contributed by atoms with van der Waals surface area (Å²) >= 11 is 0. The average molecular weight is 373 g/mol. The molecule has 1 saturated heterocycles. The fourth-order valence-corrected chi connectivity index (χ4v) is 4.07. The highest BCUT2D eigenvalue weighted by Crippen LogP contribution is 2.23. The number of nitrogens with one attached hydrogen (secondary N) is 1. The molecule has 1 aromatic rings. The quantitative estimate of drug-likeness (QED) is 0.817. The third-order valence-corrected chi connectivity index (χ3v) is 5.68. The van der Waals surface area contributed by atoms with Gasteiger partial charge in [0.05, 0.1) is 18.6 Å². The largest absolute Gasteiger partial charge is 0.374 e. The fourth-order valence-electron chi connectivity index (χ4n) is 4.07. The van der Waals surface area contributed by atoms with Crippen LogP contribution in [0.15, 0.2) is 24.3 Å². The molecule has 1 N–H and O–H groups in total. The van der Waals surface area contributed by atoms with Gasteiger partial charge in [-0.05, 0) is 43.4 Å². The van der Waals surface area contributed by atoms with Gasteiger partial charge in [0.2, 0.25) is 11.8 Å². The van der Waals surface area contributed by atoms with Crippen LogP contribution in [0.1, 0.15) is 63.9 Å². The standard InChI is InChI=1S/C22H32N2O3/c1-2-21(25)24-13-7-9-18(15-24)22(26)23-19-10-6-8-17(14-19)16-27-20-11-4-3-5-12-20/h6,8,10,14,18,20H,2-5,7,9,11-13,15-16H2,1H3,(H,23,26). The van der Waals surface area contributed by atoms with Crippen LogP contribution in [0.25, 0.3) is 0 Å². The van der Waals surface area contributed by atoms with E-state index in [9.17, 15) is 9.59 Å². The van der Waals surface area contributed by atoms with Crippen LogP contribution in [-0.4, -0.2) is 35.9 Å². The lowest BCUT2D eigenvalue weighted by Crippen LogP contribution is -2.43. The Morgan fingerprint density at radius 3 is 2.74 bits per heavy atom. The van der Waals surface area contributed by atoms with E-state index in [1.807, 2.05) is 36.1 Å². The molecule has 3 rings (SSSR count). The van der Waals surface area contributed by atoms with Gasteiger partial charge < -0.3 is 15.0 Å². The molecule has 1 unspecified atom stereocenters. The van der Waals surface area contributed by atoms with Gasteiger partial charge in [-0.2, -0.15) is 0 Å². The highest BCUT2D eigenvalue weighted by atomic mass is 16.5. The first kappa shape index (κ1) is 19.9. The number of nitrogens with zero attached hydrogens (tertiary/aromatic N) is 1. The molecule has 1 aliphatic heterocycles. The molecule has 1 atom stereocenters. The molecule has 2 fully saturated rings. The van der Waals surface area contributed by atoms with E-state index < -0.39 is 0 Å². The Hall–Kier alpha value is -1.88. The molecule has 27 heavy (non-hydrogen) atoms. The van der Waals surface area contributed by atoms with Crippen molar-refractivity contribution in [1.82, 2.24) is 4.90 Å². The minimum Gasteiger partial charge on any atom is -0.374 e. The maximum Gasteiger partial charge on any atom is 0.229 e. The summed E-state index contributed by atoms with van der Waals surface area (Å²) in [6, 6.07) is 7.92. The number of hydrogen-bond donors (Lipinski definition) is 1. The van der Waals surface area contributed by atoms with Gasteiger partial charge in [-0.3, -0.25) is 9.59 Å². The molecule has 0 spiro atoms. The molecular weight excluding hydrogens is 340 g/mol. The van der Waals surface area contributed by atoms with Crippen LogP contribution in [-0.2, 0) is 20.9 Å². The van der Waals surface area contributed by atoms with Crippen molar-refractivity contribution < 1.29 is 14.3 Å². The topological polar surface area (TPSA) is 58.6 Å². The number of rotatable bonds is 6. The summed E-state index contributed by atoms with van der Waals surface area (Å²) < 4.78 is 6.04. The van der Waals surface area contributed by atoms with Crippen molar-refractivity contribution in [3.63, 3.8) is 0 Å². The minimum atomic E-state index is -0.128. The minimum absolute atomic E-state index is 0.00829. The van der Waals surface area contributed by atoms with E-state index in [4.69, 9.17) is 4.74 Å². The van der Waals surface area contributed by atoms with Gasteiger partial charge in [-0.15, -0.1) is 0 Å². The van der Waals surface area contributed by atoms with Crippen LogP contribution < -0.4 is 5.32 Å². The number of likely N-dealkylation sites (tertiary alicyclic amines) is 1. The number of carbonyl (C=O) groups excluding carboxylic acids is 2. The molecule has 2 amide bonds. The van der Waals surface area contributed by atoms with Crippen LogP contribution in [0, 0.1) is 5.92 Å². The lowest BCUT2D eigenvalue weighted by atomic mass is 9.96. The summed E-state index contributed by atoms with van der Waals surface area (Å²) in [7, 11) is 0. The molecule has 5 heteroatoms. The summed E-state index contributed by atoms with van der Waals surface area (Å²) in [6.45, 7) is 3.76. The molecular formula is C22H32N2O3. The first-order valence-corrected chi connectivity index (χ1v) is 10.4. The van der Waals surface area contributed by atoms with Gasteiger partial charge in [0.1, 0.15) is 0 Å². The second kappa shape index (κ2) is 9.88. The predicted molar refractivity (Wildman–Crippen MR) is 106 cm³/mol. The number of carbonyl (C=O) groups is 2. The third kappa shape index (κ3) is 5.80. The number of amides is 2. The maximum absolute atomic E-state index is 12.7. The monoisotopic (exact) mass is 372 g/mol. The summed E-state index contributed by atoms with van der Waals surface area (Å²) in [5.41, 5.74) is 1.90.